The molecule has 1 aliphatic carbocycles. The molecule has 1 aliphatic heterocycles. The summed E-state index contributed by atoms with van der Waals surface area (Å²) in [7, 11) is 3.36. The zero-order valence-corrected chi connectivity index (χ0v) is 18.3. The maximum Gasteiger partial charge on any atom is 0.161 e. The van der Waals surface area contributed by atoms with Crippen LogP contribution in [0.3, 0.4) is 0 Å². The fraction of sp³-hybridized carbons (Fsp3) is 0.520. The molecule has 1 saturated heterocycles. The van der Waals surface area contributed by atoms with Crippen LogP contribution < -0.4 is 14.2 Å². The number of fused-ring (bicyclic) bond motifs is 2. The lowest BCUT2D eigenvalue weighted by atomic mass is 9.62. The van der Waals surface area contributed by atoms with E-state index in [2.05, 4.69) is 17.0 Å². The molecule has 162 valence electrons. The first-order valence-corrected chi connectivity index (χ1v) is 11.0. The molecule has 1 heterocycles. The highest BCUT2D eigenvalue weighted by Crippen LogP contribution is 2.49. The third kappa shape index (κ3) is 3.88. The van der Waals surface area contributed by atoms with Crippen molar-refractivity contribution < 1.29 is 19.3 Å². The number of hydrogen-bond acceptors (Lipinski definition) is 5. The predicted octanol–water partition coefficient (Wildman–Crippen LogP) is 4.22. The Morgan fingerprint density at radius 2 is 1.67 bits per heavy atom. The van der Waals surface area contributed by atoms with Gasteiger partial charge in [0.15, 0.2) is 11.5 Å². The van der Waals surface area contributed by atoms with Gasteiger partial charge in [-0.2, -0.15) is 0 Å². The summed E-state index contributed by atoms with van der Waals surface area (Å²) in [4.78, 5) is 2.49. The monoisotopic (exact) mass is 411 g/mol. The smallest absolute Gasteiger partial charge is 0.161 e. The Balaban J connectivity index is 1.52. The van der Waals surface area contributed by atoms with Gasteiger partial charge in [-0.3, -0.25) is 4.90 Å². The number of piperidine rings is 1. The Hall–Kier alpha value is -2.24. The van der Waals surface area contributed by atoms with Crippen LogP contribution in [-0.4, -0.2) is 43.9 Å². The molecule has 0 unspecified atom stereocenters. The summed E-state index contributed by atoms with van der Waals surface area (Å²) < 4.78 is 16.5. The van der Waals surface area contributed by atoms with E-state index in [9.17, 15) is 5.11 Å². The van der Waals surface area contributed by atoms with Crippen LogP contribution in [0, 0.1) is 11.8 Å². The summed E-state index contributed by atoms with van der Waals surface area (Å²) in [5.74, 6) is 2.87. The van der Waals surface area contributed by atoms with Gasteiger partial charge in [0.25, 0.3) is 0 Å². The van der Waals surface area contributed by atoms with Crippen LogP contribution in [0.5, 0.6) is 17.2 Å². The highest BCUT2D eigenvalue weighted by atomic mass is 16.5. The second kappa shape index (κ2) is 8.86. The minimum atomic E-state index is -0.752. The molecule has 5 heteroatoms. The second-order valence-corrected chi connectivity index (χ2v) is 8.49. The first-order valence-electron chi connectivity index (χ1n) is 11.0. The van der Waals surface area contributed by atoms with Crippen molar-refractivity contribution in [1.82, 2.24) is 4.90 Å². The molecule has 0 aromatic heterocycles. The minimum Gasteiger partial charge on any atom is -0.497 e. The van der Waals surface area contributed by atoms with Gasteiger partial charge in [-0.15, -0.1) is 0 Å². The fourth-order valence-corrected chi connectivity index (χ4v) is 5.34. The summed E-state index contributed by atoms with van der Waals surface area (Å²) in [5.41, 5.74) is 1.49. The number of ether oxygens (including phenoxy) is 3. The van der Waals surface area contributed by atoms with Crippen LogP contribution in [0.2, 0.25) is 0 Å². The Kier molecular flexibility index (Phi) is 6.21. The summed E-state index contributed by atoms with van der Waals surface area (Å²) in [5, 5.41) is 11.8. The number of hydrogen-bond donors (Lipinski definition) is 1. The molecule has 2 bridgehead atoms. The molecule has 1 saturated carbocycles. The van der Waals surface area contributed by atoms with Crippen LogP contribution in [0.15, 0.2) is 42.5 Å². The summed E-state index contributed by atoms with van der Waals surface area (Å²) in [6.07, 6.45) is 3.31. The first-order chi connectivity index (χ1) is 14.6. The SMILES string of the molecule is CCOc1ccc(CN2C[C@@H]3CCC[C@@H](C2)C3(O)c2ccc(OC)cc2)cc1OC. The molecule has 5 nitrogen and oxygen atoms in total. The van der Waals surface area contributed by atoms with Gasteiger partial charge >= 0.3 is 0 Å². The lowest BCUT2D eigenvalue weighted by Crippen LogP contribution is -2.57. The van der Waals surface area contributed by atoms with Crippen molar-refractivity contribution in [3.8, 4) is 17.2 Å². The number of methoxy groups -OCH3 is 2. The van der Waals surface area contributed by atoms with Gasteiger partial charge in [0.05, 0.1) is 26.4 Å². The zero-order chi connectivity index (χ0) is 21.1. The fourth-order valence-electron chi connectivity index (χ4n) is 5.34. The summed E-state index contributed by atoms with van der Waals surface area (Å²) in [6, 6.07) is 14.2. The lowest BCUT2D eigenvalue weighted by molar-refractivity contribution is -0.148. The normalized spacial score (nSPS) is 26.3. The Labute approximate surface area is 179 Å². The van der Waals surface area contributed by atoms with E-state index in [0.29, 0.717) is 6.61 Å². The van der Waals surface area contributed by atoms with Crippen molar-refractivity contribution in [1.29, 1.82) is 0 Å². The largest absolute Gasteiger partial charge is 0.497 e. The van der Waals surface area contributed by atoms with Crippen LogP contribution >= 0.6 is 0 Å². The highest BCUT2D eigenvalue weighted by Gasteiger charge is 2.51. The van der Waals surface area contributed by atoms with E-state index in [0.717, 1.165) is 55.3 Å². The zero-order valence-electron chi connectivity index (χ0n) is 18.3. The molecule has 2 aromatic carbocycles. The highest BCUT2D eigenvalue weighted by molar-refractivity contribution is 5.43. The van der Waals surface area contributed by atoms with E-state index in [1.165, 1.54) is 12.0 Å². The molecular weight excluding hydrogens is 378 g/mol. The molecule has 0 amide bonds. The van der Waals surface area contributed by atoms with Crippen molar-refractivity contribution in [3.05, 3.63) is 53.6 Å². The molecule has 4 rings (SSSR count). The van der Waals surface area contributed by atoms with Crippen molar-refractivity contribution >= 4 is 0 Å². The van der Waals surface area contributed by atoms with Crippen molar-refractivity contribution in [2.24, 2.45) is 11.8 Å². The molecule has 0 radical (unpaired) electrons. The van der Waals surface area contributed by atoms with E-state index >= 15 is 0 Å². The quantitative estimate of drug-likeness (QED) is 0.739. The average Bonchev–Trinajstić information content (AvgIpc) is 2.75. The molecule has 30 heavy (non-hydrogen) atoms. The minimum absolute atomic E-state index is 0.239. The average molecular weight is 412 g/mol. The van der Waals surface area contributed by atoms with Crippen molar-refractivity contribution in [3.63, 3.8) is 0 Å². The van der Waals surface area contributed by atoms with Crippen LogP contribution in [0.1, 0.15) is 37.3 Å². The molecule has 2 aliphatic rings. The van der Waals surface area contributed by atoms with E-state index in [1.54, 1.807) is 14.2 Å². The van der Waals surface area contributed by atoms with Crippen molar-refractivity contribution in [2.75, 3.05) is 33.9 Å². The topological polar surface area (TPSA) is 51.2 Å². The molecular formula is C25H33NO4. The van der Waals surface area contributed by atoms with Crippen LogP contribution in [-0.2, 0) is 12.1 Å². The number of benzene rings is 2. The first kappa shape index (κ1) is 21.0. The molecule has 0 spiro atoms. The second-order valence-electron chi connectivity index (χ2n) is 8.49. The summed E-state index contributed by atoms with van der Waals surface area (Å²) >= 11 is 0. The van der Waals surface area contributed by atoms with E-state index < -0.39 is 5.60 Å². The van der Waals surface area contributed by atoms with Gasteiger partial charge in [-0.25, -0.2) is 0 Å². The van der Waals surface area contributed by atoms with E-state index in [1.807, 2.05) is 37.3 Å². The van der Waals surface area contributed by atoms with Crippen LogP contribution in [0.25, 0.3) is 0 Å². The summed E-state index contributed by atoms with van der Waals surface area (Å²) in [6.45, 7) is 5.25. The van der Waals surface area contributed by atoms with Gasteiger partial charge < -0.3 is 19.3 Å². The third-order valence-corrected chi connectivity index (χ3v) is 6.79. The van der Waals surface area contributed by atoms with Gasteiger partial charge in [-0.05, 0) is 55.2 Å². The molecule has 1 N–H and O–H groups in total. The van der Waals surface area contributed by atoms with Gasteiger partial charge in [0.2, 0.25) is 0 Å². The lowest BCUT2D eigenvalue weighted by Gasteiger charge is -2.53. The van der Waals surface area contributed by atoms with Gasteiger partial charge in [-0.1, -0.05) is 24.6 Å². The number of rotatable bonds is 7. The van der Waals surface area contributed by atoms with Crippen molar-refractivity contribution in [2.45, 2.75) is 38.3 Å². The number of likely N-dealkylation sites (tertiary alicyclic amines) is 1. The maximum absolute atomic E-state index is 11.8. The third-order valence-electron chi connectivity index (χ3n) is 6.79. The molecule has 2 fully saturated rings. The Bertz CT molecular complexity index is 837. The Morgan fingerprint density at radius 3 is 2.27 bits per heavy atom. The molecule has 2 aromatic rings. The number of aliphatic hydroxyl groups is 1. The Morgan fingerprint density at radius 1 is 0.967 bits per heavy atom. The molecule has 2 atom stereocenters. The van der Waals surface area contributed by atoms with E-state index in [-0.39, 0.29) is 11.8 Å². The van der Waals surface area contributed by atoms with Gasteiger partial charge in [0, 0.05) is 31.5 Å². The predicted molar refractivity (Wildman–Crippen MR) is 117 cm³/mol. The maximum atomic E-state index is 11.8. The van der Waals surface area contributed by atoms with Crippen LogP contribution in [0.4, 0.5) is 0 Å². The van der Waals surface area contributed by atoms with E-state index in [4.69, 9.17) is 14.2 Å². The number of nitrogens with zero attached hydrogens (tertiary/aromatic N) is 1. The van der Waals surface area contributed by atoms with Gasteiger partial charge in [0.1, 0.15) is 5.75 Å². The standard InChI is InChI=1S/C25H33NO4/c1-4-30-23-13-8-18(14-24(23)29-3)15-26-16-20-6-5-7-21(17-26)25(20,27)19-9-11-22(28-2)12-10-19/h8-14,20-21,27H,4-7,15-17H2,1-3H3/t20-,21-/m0/s1.